The molecule has 0 saturated heterocycles. The second kappa shape index (κ2) is 8.17. The van der Waals surface area contributed by atoms with Gasteiger partial charge in [0.2, 0.25) is 0 Å². The van der Waals surface area contributed by atoms with Crippen molar-refractivity contribution in [2.75, 3.05) is 11.5 Å². The summed E-state index contributed by atoms with van der Waals surface area (Å²) >= 11 is 3.54. The van der Waals surface area contributed by atoms with Gasteiger partial charge < -0.3 is 9.13 Å². The zero-order chi connectivity index (χ0) is 17.9. The van der Waals surface area contributed by atoms with Gasteiger partial charge in [0, 0.05) is 36.4 Å². The molecule has 0 atom stereocenters. The SMILES string of the molecule is CCn1c(SC/C=C/CSc2nnc(C3CC3)n2CC)nnc1C1CC1. The van der Waals surface area contributed by atoms with Crippen molar-refractivity contribution in [1.82, 2.24) is 29.5 Å². The van der Waals surface area contributed by atoms with E-state index in [1.54, 1.807) is 23.5 Å². The Kier molecular flexibility index (Phi) is 5.69. The van der Waals surface area contributed by atoms with Crippen LogP contribution in [0.3, 0.4) is 0 Å². The van der Waals surface area contributed by atoms with Gasteiger partial charge in [-0.2, -0.15) is 0 Å². The summed E-state index contributed by atoms with van der Waals surface area (Å²) in [6.45, 7) is 6.25. The number of thioether (sulfide) groups is 2. The van der Waals surface area contributed by atoms with E-state index in [1.165, 1.54) is 37.3 Å². The van der Waals surface area contributed by atoms with Gasteiger partial charge in [0.25, 0.3) is 0 Å². The monoisotopic (exact) mass is 390 g/mol. The molecule has 0 aliphatic heterocycles. The Morgan fingerprint density at radius 3 is 1.54 bits per heavy atom. The van der Waals surface area contributed by atoms with E-state index in [-0.39, 0.29) is 0 Å². The molecule has 0 amide bonds. The molecular formula is C18H26N6S2. The van der Waals surface area contributed by atoms with Gasteiger partial charge in [-0.1, -0.05) is 35.7 Å². The number of hydrogen-bond acceptors (Lipinski definition) is 6. The van der Waals surface area contributed by atoms with Crippen LogP contribution < -0.4 is 0 Å². The van der Waals surface area contributed by atoms with Gasteiger partial charge in [-0.3, -0.25) is 0 Å². The summed E-state index contributed by atoms with van der Waals surface area (Å²) in [6.07, 6.45) is 9.51. The molecule has 0 unspecified atom stereocenters. The van der Waals surface area contributed by atoms with Gasteiger partial charge >= 0.3 is 0 Å². The largest absolute Gasteiger partial charge is 0.306 e. The first-order chi connectivity index (χ1) is 12.8. The zero-order valence-corrected chi connectivity index (χ0v) is 17.1. The Morgan fingerprint density at radius 1 is 0.769 bits per heavy atom. The molecule has 8 heteroatoms. The van der Waals surface area contributed by atoms with Gasteiger partial charge in [0.05, 0.1) is 0 Å². The summed E-state index contributed by atoms with van der Waals surface area (Å²) in [7, 11) is 0. The van der Waals surface area contributed by atoms with E-state index in [0.29, 0.717) is 11.8 Å². The van der Waals surface area contributed by atoms with E-state index in [1.807, 2.05) is 0 Å². The molecule has 2 aliphatic carbocycles. The van der Waals surface area contributed by atoms with E-state index in [9.17, 15) is 0 Å². The molecule has 26 heavy (non-hydrogen) atoms. The van der Waals surface area contributed by atoms with Crippen LogP contribution in [0.25, 0.3) is 0 Å². The summed E-state index contributed by atoms with van der Waals surface area (Å²) in [5, 5.41) is 19.6. The lowest BCUT2D eigenvalue weighted by molar-refractivity contribution is 0.644. The lowest BCUT2D eigenvalue weighted by Gasteiger charge is -2.05. The summed E-state index contributed by atoms with van der Waals surface area (Å²) in [5.41, 5.74) is 0. The quantitative estimate of drug-likeness (QED) is 0.449. The molecule has 0 radical (unpaired) electrons. The molecule has 2 aliphatic rings. The third kappa shape index (κ3) is 4.01. The lowest BCUT2D eigenvalue weighted by atomic mass is 10.4. The first-order valence-electron chi connectivity index (χ1n) is 9.58. The minimum atomic E-state index is 0.653. The molecule has 6 nitrogen and oxygen atoms in total. The smallest absolute Gasteiger partial charge is 0.191 e. The highest BCUT2D eigenvalue weighted by Gasteiger charge is 2.30. The second-order valence-electron chi connectivity index (χ2n) is 6.81. The van der Waals surface area contributed by atoms with Crippen molar-refractivity contribution in [3.63, 3.8) is 0 Å². The molecule has 2 heterocycles. The van der Waals surface area contributed by atoms with Crippen LogP contribution in [0.5, 0.6) is 0 Å². The van der Waals surface area contributed by atoms with Crippen molar-refractivity contribution >= 4 is 23.5 Å². The standard InChI is InChI=1S/C18H26N6S2/c1-3-23-15(13-7-8-13)19-21-17(23)25-11-5-6-12-26-18-22-20-16(14-9-10-14)24(18)4-2/h5-6,13-14H,3-4,7-12H2,1-2H3/b6-5+. The highest BCUT2D eigenvalue weighted by Crippen LogP contribution is 2.40. The Labute approximate surface area is 163 Å². The predicted octanol–water partition coefficient (Wildman–Crippen LogP) is 4.10. The molecule has 0 bridgehead atoms. The first-order valence-corrected chi connectivity index (χ1v) is 11.6. The normalized spacial score (nSPS) is 17.5. The highest BCUT2D eigenvalue weighted by atomic mass is 32.2. The molecule has 0 spiro atoms. The molecule has 0 aromatic carbocycles. The van der Waals surface area contributed by atoms with Gasteiger partial charge in [-0.25, -0.2) is 0 Å². The lowest BCUT2D eigenvalue weighted by Crippen LogP contribution is -2.02. The molecular weight excluding hydrogens is 364 g/mol. The Balaban J connectivity index is 1.25. The average molecular weight is 391 g/mol. The maximum absolute atomic E-state index is 4.39. The zero-order valence-electron chi connectivity index (χ0n) is 15.5. The third-order valence-electron chi connectivity index (χ3n) is 4.79. The van der Waals surface area contributed by atoms with Crippen LogP contribution in [-0.2, 0) is 13.1 Å². The van der Waals surface area contributed by atoms with Gasteiger partial charge in [0.1, 0.15) is 11.6 Å². The Morgan fingerprint density at radius 2 is 1.19 bits per heavy atom. The van der Waals surface area contributed by atoms with Gasteiger partial charge in [-0.05, 0) is 39.5 Å². The van der Waals surface area contributed by atoms with E-state index < -0.39 is 0 Å². The average Bonchev–Trinajstić information content (AvgIpc) is 3.59. The summed E-state index contributed by atoms with van der Waals surface area (Å²) in [6, 6.07) is 0. The van der Waals surface area contributed by atoms with Crippen molar-refractivity contribution < 1.29 is 0 Å². The summed E-state index contributed by atoms with van der Waals surface area (Å²) in [5.74, 6) is 5.52. The van der Waals surface area contributed by atoms with Crippen LogP contribution in [0, 0.1) is 0 Å². The molecule has 4 rings (SSSR count). The van der Waals surface area contributed by atoms with Crippen molar-refractivity contribution in [3.8, 4) is 0 Å². The van der Waals surface area contributed by atoms with E-state index in [2.05, 4.69) is 55.5 Å². The minimum absolute atomic E-state index is 0.653. The van der Waals surface area contributed by atoms with Gasteiger partial charge in [0.15, 0.2) is 10.3 Å². The fraction of sp³-hybridized carbons (Fsp3) is 0.667. The van der Waals surface area contributed by atoms with E-state index in [4.69, 9.17) is 0 Å². The Bertz CT molecular complexity index is 708. The first kappa shape index (κ1) is 18.1. The van der Waals surface area contributed by atoms with Crippen LogP contribution in [0.15, 0.2) is 22.5 Å². The highest BCUT2D eigenvalue weighted by molar-refractivity contribution is 7.99. The van der Waals surface area contributed by atoms with Crippen LogP contribution in [-0.4, -0.2) is 41.0 Å². The van der Waals surface area contributed by atoms with Crippen molar-refractivity contribution in [3.05, 3.63) is 23.8 Å². The third-order valence-corrected chi connectivity index (χ3v) is 6.63. The van der Waals surface area contributed by atoms with Crippen molar-refractivity contribution in [2.24, 2.45) is 0 Å². The summed E-state index contributed by atoms with van der Waals surface area (Å²) < 4.78 is 4.54. The Hall–Kier alpha value is -1.28. The fourth-order valence-electron chi connectivity index (χ4n) is 3.08. The number of aromatic nitrogens is 6. The van der Waals surface area contributed by atoms with Crippen LogP contribution >= 0.6 is 23.5 Å². The molecule has 0 N–H and O–H groups in total. The molecule has 2 aromatic heterocycles. The van der Waals surface area contributed by atoms with Crippen LogP contribution in [0.4, 0.5) is 0 Å². The molecule has 140 valence electrons. The van der Waals surface area contributed by atoms with E-state index in [0.717, 1.165) is 34.9 Å². The van der Waals surface area contributed by atoms with Gasteiger partial charge in [-0.15, -0.1) is 20.4 Å². The number of rotatable bonds is 10. The van der Waals surface area contributed by atoms with Crippen LogP contribution in [0.1, 0.15) is 63.0 Å². The van der Waals surface area contributed by atoms with Crippen LogP contribution in [0.2, 0.25) is 0 Å². The molecule has 2 aromatic rings. The fourth-order valence-corrected chi connectivity index (χ4v) is 4.79. The second-order valence-corrected chi connectivity index (χ2v) is 8.79. The van der Waals surface area contributed by atoms with Crippen molar-refractivity contribution in [2.45, 2.75) is 74.8 Å². The molecule has 2 saturated carbocycles. The minimum Gasteiger partial charge on any atom is -0.306 e. The van der Waals surface area contributed by atoms with E-state index >= 15 is 0 Å². The maximum atomic E-state index is 4.39. The predicted molar refractivity (Wildman–Crippen MR) is 106 cm³/mol. The number of hydrogen-bond donors (Lipinski definition) is 0. The number of nitrogens with zero attached hydrogens (tertiary/aromatic N) is 6. The van der Waals surface area contributed by atoms with Crippen molar-refractivity contribution in [1.29, 1.82) is 0 Å². The maximum Gasteiger partial charge on any atom is 0.191 e. The molecule has 2 fully saturated rings. The summed E-state index contributed by atoms with van der Waals surface area (Å²) in [4.78, 5) is 0. The topological polar surface area (TPSA) is 61.4 Å².